The van der Waals surface area contributed by atoms with Gasteiger partial charge in [-0.15, -0.1) is 0 Å². The Hall–Kier alpha value is -2.86. The number of thioether (sulfide) groups is 1. The number of oxazole rings is 1. The summed E-state index contributed by atoms with van der Waals surface area (Å²) in [4.78, 5) is 21.6. The van der Waals surface area contributed by atoms with Crippen LogP contribution in [0.1, 0.15) is 29.7 Å². The number of nitrogens with zero attached hydrogens (tertiary/aromatic N) is 2. The molecule has 2 aromatic carbocycles. The largest absolute Gasteiger partial charge is 0.438 e. The van der Waals surface area contributed by atoms with E-state index in [0.717, 1.165) is 16.2 Å². The van der Waals surface area contributed by atoms with Crippen LogP contribution < -0.4 is 5.32 Å². The minimum Gasteiger partial charge on any atom is -0.438 e. The zero-order chi connectivity index (χ0) is 19.3. The van der Waals surface area contributed by atoms with Crippen molar-refractivity contribution in [3.05, 3.63) is 89.6 Å². The highest BCUT2D eigenvalue weighted by Crippen LogP contribution is 2.31. The number of aliphatic imine (C=N–C) groups is 1. The lowest BCUT2D eigenvalue weighted by atomic mass is 10.2. The molecule has 6 heteroatoms. The van der Waals surface area contributed by atoms with E-state index >= 15 is 0 Å². The predicted molar refractivity (Wildman–Crippen MR) is 111 cm³/mol. The Morgan fingerprint density at radius 2 is 1.75 bits per heavy atom. The van der Waals surface area contributed by atoms with Crippen LogP contribution in [0.2, 0.25) is 0 Å². The average molecular weight is 391 g/mol. The summed E-state index contributed by atoms with van der Waals surface area (Å²) < 4.78 is 5.88. The van der Waals surface area contributed by atoms with Gasteiger partial charge in [0.1, 0.15) is 10.3 Å². The summed E-state index contributed by atoms with van der Waals surface area (Å²) in [5.74, 6) is 1.26. The molecule has 3 aromatic rings. The summed E-state index contributed by atoms with van der Waals surface area (Å²) in [6.45, 7) is 2.47. The maximum atomic E-state index is 12.6. The number of rotatable bonds is 6. The Labute approximate surface area is 168 Å². The van der Waals surface area contributed by atoms with Crippen molar-refractivity contribution in [3.63, 3.8) is 0 Å². The van der Waals surface area contributed by atoms with Gasteiger partial charge in [0, 0.05) is 13.0 Å². The van der Waals surface area contributed by atoms with Crippen molar-refractivity contribution in [2.45, 2.75) is 31.2 Å². The van der Waals surface area contributed by atoms with Crippen molar-refractivity contribution in [2.75, 3.05) is 0 Å². The molecule has 5 nitrogen and oxygen atoms in total. The Morgan fingerprint density at radius 1 is 1.07 bits per heavy atom. The Bertz CT molecular complexity index is 970. The predicted octanol–water partition coefficient (Wildman–Crippen LogP) is 3.83. The van der Waals surface area contributed by atoms with Crippen LogP contribution in [0.25, 0.3) is 0 Å². The molecule has 4 rings (SSSR count). The van der Waals surface area contributed by atoms with Crippen LogP contribution in [0, 0.1) is 0 Å². The number of nitrogens with one attached hydrogen (secondary N) is 1. The zero-order valence-corrected chi connectivity index (χ0v) is 16.4. The lowest BCUT2D eigenvalue weighted by Gasteiger charge is -2.13. The molecule has 0 aliphatic carbocycles. The summed E-state index contributed by atoms with van der Waals surface area (Å²) in [7, 11) is 0. The summed E-state index contributed by atoms with van der Waals surface area (Å²) >= 11 is 1.44. The van der Waals surface area contributed by atoms with Crippen LogP contribution in [0.15, 0.2) is 76.3 Å². The highest BCUT2D eigenvalue weighted by atomic mass is 32.2. The molecule has 28 heavy (non-hydrogen) atoms. The first-order chi connectivity index (χ1) is 13.7. The van der Waals surface area contributed by atoms with Crippen LogP contribution in [0.3, 0.4) is 0 Å². The number of hydrogen-bond acceptors (Lipinski definition) is 5. The van der Waals surface area contributed by atoms with Crippen LogP contribution in [-0.2, 0) is 17.8 Å². The molecule has 1 amide bonds. The van der Waals surface area contributed by atoms with Gasteiger partial charge in [0.05, 0.1) is 12.2 Å². The molecule has 0 spiro atoms. The third-order valence-electron chi connectivity index (χ3n) is 4.53. The smallest absolute Gasteiger partial charge is 0.236 e. The van der Waals surface area contributed by atoms with Gasteiger partial charge in [-0.1, -0.05) is 72.4 Å². The highest BCUT2D eigenvalue weighted by molar-refractivity contribution is 8.15. The van der Waals surface area contributed by atoms with E-state index in [1.54, 1.807) is 6.20 Å². The minimum absolute atomic E-state index is 0.0101. The Morgan fingerprint density at radius 3 is 2.46 bits per heavy atom. The zero-order valence-electron chi connectivity index (χ0n) is 15.5. The van der Waals surface area contributed by atoms with Crippen LogP contribution in [0.5, 0.6) is 0 Å². The first kappa shape index (κ1) is 18.5. The number of carbonyl (C=O) groups excluding carboxylic acids is 1. The third kappa shape index (κ3) is 4.34. The summed E-state index contributed by atoms with van der Waals surface area (Å²) in [6.07, 6.45) is 2.33. The summed E-state index contributed by atoms with van der Waals surface area (Å²) in [5, 5.41) is 3.47. The second-order valence-electron chi connectivity index (χ2n) is 6.70. The number of carbonyl (C=O) groups is 1. The topological polar surface area (TPSA) is 67.5 Å². The molecule has 2 unspecified atom stereocenters. The van der Waals surface area contributed by atoms with Gasteiger partial charge in [-0.2, -0.15) is 0 Å². The molecule has 1 aliphatic heterocycles. The van der Waals surface area contributed by atoms with Crippen molar-refractivity contribution in [1.29, 1.82) is 0 Å². The maximum absolute atomic E-state index is 12.6. The van der Waals surface area contributed by atoms with Crippen LogP contribution >= 0.6 is 11.8 Å². The normalized spacial score (nSPS) is 18.7. The average Bonchev–Trinajstić information content (AvgIpc) is 3.34. The van der Waals surface area contributed by atoms with Gasteiger partial charge in [0.2, 0.25) is 5.91 Å². The molecule has 0 fully saturated rings. The highest BCUT2D eigenvalue weighted by Gasteiger charge is 2.34. The molecule has 1 aromatic heterocycles. The van der Waals surface area contributed by atoms with Crippen molar-refractivity contribution in [2.24, 2.45) is 4.99 Å². The van der Waals surface area contributed by atoms with E-state index < -0.39 is 0 Å². The third-order valence-corrected chi connectivity index (χ3v) is 5.92. The van der Waals surface area contributed by atoms with Gasteiger partial charge >= 0.3 is 0 Å². The lowest BCUT2D eigenvalue weighted by Crippen LogP contribution is -2.36. The van der Waals surface area contributed by atoms with Crippen LogP contribution in [0.4, 0.5) is 0 Å². The number of benzene rings is 2. The monoisotopic (exact) mass is 391 g/mol. The Balaban J connectivity index is 1.37. The second-order valence-corrected chi connectivity index (χ2v) is 7.83. The first-order valence-corrected chi connectivity index (χ1v) is 10.1. The van der Waals surface area contributed by atoms with Crippen molar-refractivity contribution < 1.29 is 9.21 Å². The molecule has 0 bridgehead atoms. The summed E-state index contributed by atoms with van der Waals surface area (Å²) in [6, 6.07) is 19.8. The summed E-state index contributed by atoms with van der Waals surface area (Å²) in [5.41, 5.74) is 2.22. The molecule has 0 radical (unpaired) electrons. The van der Waals surface area contributed by atoms with E-state index in [1.807, 2.05) is 67.6 Å². The van der Waals surface area contributed by atoms with Crippen molar-refractivity contribution >= 4 is 22.7 Å². The van der Waals surface area contributed by atoms with E-state index in [-0.39, 0.29) is 17.2 Å². The van der Waals surface area contributed by atoms with Gasteiger partial charge in [0.15, 0.2) is 11.7 Å². The van der Waals surface area contributed by atoms with Crippen LogP contribution in [-0.4, -0.2) is 27.2 Å². The van der Waals surface area contributed by atoms with Gasteiger partial charge in [-0.3, -0.25) is 9.79 Å². The quantitative estimate of drug-likeness (QED) is 0.693. The fraction of sp³-hybridized carbons (Fsp3) is 0.227. The molecular formula is C22H21N3O2S. The van der Waals surface area contributed by atoms with E-state index in [9.17, 15) is 4.79 Å². The standard InChI is InChI=1S/C22H21N3O2S/c1-15-20(21(26)24-13-17-10-6-3-7-11-17)28-22(25-15)18-14-23-19(27-18)12-16-8-4-2-5-9-16/h2-11,14-15,20H,12-13H2,1H3,(H,24,26). The van der Waals surface area contributed by atoms with E-state index in [0.29, 0.717) is 24.6 Å². The number of hydrogen-bond donors (Lipinski definition) is 1. The Kier molecular flexibility index (Phi) is 5.58. The molecule has 0 saturated carbocycles. The van der Waals surface area contributed by atoms with Gasteiger partial charge in [-0.25, -0.2) is 4.98 Å². The van der Waals surface area contributed by atoms with E-state index in [4.69, 9.17) is 4.42 Å². The van der Waals surface area contributed by atoms with Gasteiger partial charge < -0.3 is 9.73 Å². The van der Waals surface area contributed by atoms with Gasteiger partial charge in [-0.05, 0) is 18.1 Å². The second kappa shape index (κ2) is 8.44. The van der Waals surface area contributed by atoms with Gasteiger partial charge in [0.25, 0.3) is 0 Å². The van der Waals surface area contributed by atoms with E-state index in [1.165, 1.54) is 11.8 Å². The van der Waals surface area contributed by atoms with Crippen molar-refractivity contribution in [3.8, 4) is 0 Å². The number of aromatic nitrogens is 1. The first-order valence-electron chi connectivity index (χ1n) is 9.24. The van der Waals surface area contributed by atoms with E-state index in [2.05, 4.69) is 15.3 Å². The fourth-order valence-corrected chi connectivity index (χ4v) is 4.17. The number of amides is 1. The lowest BCUT2D eigenvalue weighted by molar-refractivity contribution is -0.120. The minimum atomic E-state index is -0.263. The SMILES string of the molecule is CC1N=C(c2cnc(Cc3ccccc3)o2)SC1C(=O)NCc1ccccc1. The molecule has 2 heterocycles. The van der Waals surface area contributed by atoms with Crippen molar-refractivity contribution in [1.82, 2.24) is 10.3 Å². The maximum Gasteiger partial charge on any atom is 0.236 e. The molecule has 0 saturated heterocycles. The fourth-order valence-electron chi connectivity index (χ4n) is 3.04. The molecular weight excluding hydrogens is 370 g/mol. The molecule has 1 aliphatic rings. The molecule has 1 N–H and O–H groups in total. The molecule has 2 atom stereocenters. The molecule has 142 valence electrons.